The number of nitrogens with one attached hydrogen (secondary N) is 2. The molecule has 1 aliphatic rings. The Labute approximate surface area is 152 Å². The van der Waals surface area contributed by atoms with Crippen LogP contribution < -0.4 is 11.1 Å². The van der Waals surface area contributed by atoms with E-state index in [-0.39, 0.29) is 16.2 Å². The third-order valence-corrected chi connectivity index (χ3v) is 4.77. The molecule has 2 aromatic carbocycles. The summed E-state index contributed by atoms with van der Waals surface area (Å²) in [4.78, 5) is 19.3. The third kappa shape index (κ3) is 2.54. The zero-order chi connectivity index (χ0) is 17.7. The Kier molecular flexibility index (Phi) is 3.67. The van der Waals surface area contributed by atoms with Gasteiger partial charge >= 0.3 is 0 Å². The standard InChI is InChI=1S/C17H11Cl2FN4O/c18-14-15(19)24-16(23-14)10-4-3-8(11-6-22-17(25)13(10)11)9-2-1-7(21)5-12(9)20/h1-5H,6,21H2,(H,22,25)(H,23,24). The number of H-pyrrole nitrogens is 1. The average Bonchev–Trinajstić information content (AvgIpc) is 3.11. The summed E-state index contributed by atoms with van der Waals surface area (Å²) in [5.74, 6) is -0.322. The first kappa shape index (κ1) is 15.9. The molecule has 1 aromatic heterocycles. The molecular formula is C17H11Cl2FN4O. The fraction of sp³-hybridized carbons (Fsp3) is 0.0588. The molecule has 8 heteroatoms. The quantitative estimate of drug-likeness (QED) is 0.590. The van der Waals surface area contributed by atoms with Crippen molar-refractivity contribution < 1.29 is 9.18 Å². The number of amides is 1. The number of halogens is 3. The molecule has 126 valence electrons. The molecule has 0 bridgehead atoms. The number of benzene rings is 2. The summed E-state index contributed by atoms with van der Waals surface area (Å²) >= 11 is 11.8. The van der Waals surface area contributed by atoms with Crippen molar-refractivity contribution in [3.05, 3.63) is 57.6 Å². The van der Waals surface area contributed by atoms with Crippen molar-refractivity contribution in [3.63, 3.8) is 0 Å². The monoisotopic (exact) mass is 376 g/mol. The van der Waals surface area contributed by atoms with Crippen LogP contribution in [0.3, 0.4) is 0 Å². The van der Waals surface area contributed by atoms with Gasteiger partial charge in [0.1, 0.15) is 16.8 Å². The first-order valence-electron chi connectivity index (χ1n) is 7.36. The van der Waals surface area contributed by atoms with Gasteiger partial charge in [0.15, 0.2) is 5.15 Å². The molecule has 5 nitrogen and oxygen atoms in total. The van der Waals surface area contributed by atoms with Crippen LogP contribution in [-0.2, 0) is 6.54 Å². The van der Waals surface area contributed by atoms with Crippen LogP contribution in [0.2, 0.25) is 10.3 Å². The Balaban J connectivity index is 1.94. The van der Waals surface area contributed by atoms with Crippen molar-refractivity contribution in [1.82, 2.24) is 15.3 Å². The third-order valence-electron chi connectivity index (χ3n) is 4.12. The molecule has 1 amide bonds. The van der Waals surface area contributed by atoms with Gasteiger partial charge in [0.25, 0.3) is 5.91 Å². The summed E-state index contributed by atoms with van der Waals surface area (Å²) in [5.41, 5.74) is 8.62. The van der Waals surface area contributed by atoms with Gasteiger partial charge in [-0.15, -0.1) is 0 Å². The van der Waals surface area contributed by atoms with Crippen LogP contribution in [0, 0.1) is 5.82 Å². The van der Waals surface area contributed by atoms with E-state index in [0.717, 1.165) is 0 Å². The molecular weight excluding hydrogens is 366 g/mol. The lowest BCUT2D eigenvalue weighted by molar-refractivity contribution is 0.0966. The van der Waals surface area contributed by atoms with Crippen LogP contribution in [0.4, 0.5) is 10.1 Å². The lowest BCUT2D eigenvalue weighted by atomic mass is 9.92. The number of anilines is 1. The van der Waals surface area contributed by atoms with Crippen LogP contribution >= 0.6 is 23.2 Å². The van der Waals surface area contributed by atoms with Crippen molar-refractivity contribution in [2.75, 3.05) is 5.73 Å². The second kappa shape index (κ2) is 5.75. The number of imidazole rings is 1. The van der Waals surface area contributed by atoms with E-state index in [1.165, 1.54) is 6.07 Å². The van der Waals surface area contributed by atoms with Crippen molar-refractivity contribution in [2.24, 2.45) is 0 Å². The fourth-order valence-corrected chi connectivity index (χ4v) is 3.27. The number of nitrogens with zero attached hydrogens (tertiary/aromatic N) is 1. The van der Waals surface area contributed by atoms with E-state index in [1.807, 2.05) is 0 Å². The molecule has 0 radical (unpaired) electrons. The number of hydrogen-bond donors (Lipinski definition) is 3. The number of hydrogen-bond acceptors (Lipinski definition) is 3. The maximum atomic E-state index is 14.3. The number of nitrogen functional groups attached to an aromatic ring is 1. The molecule has 0 fully saturated rings. The predicted octanol–water partition coefficient (Wildman–Crippen LogP) is 4.02. The molecule has 0 unspecified atom stereocenters. The molecule has 2 heterocycles. The van der Waals surface area contributed by atoms with Crippen LogP contribution in [0.15, 0.2) is 30.3 Å². The fourth-order valence-electron chi connectivity index (χ4n) is 3.01. The van der Waals surface area contributed by atoms with Crippen LogP contribution in [0.25, 0.3) is 22.5 Å². The highest BCUT2D eigenvalue weighted by molar-refractivity contribution is 6.40. The van der Waals surface area contributed by atoms with E-state index < -0.39 is 5.82 Å². The molecule has 3 aromatic rings. The minimum atomic E-state index is -0.446. The molecule has 1 aliphatic heterocycles. The Hall–Kier alpha value is -2.57. The first-order chi connectivity index (χ1) is 12.0. The van der Waals surface area contributed by atoms with Crippen molar-refractivity contribution >= 4 is 34.8 Å². The molecule has 4 N–H and O–H groups in total. The second-order valence-electron chi connectivity index (χ2n) is 5.63. The number of carbonyl (C=O) groups excluding carboxylic acids is 1. The van der Waals surface area contributed by atoms with E-state index in [9.17, 15) is 9.18 Å². The molecule has 25 heavy (non-hydrogen) atoms. The van der Waals surface area contributed by atoms with Gasteiger partial charge in [-0.05, 0) is 35.4 Å². The Morgan fingerprint density at radius 3 is 2.52 bits per heavy atom. The minimum Gasteiger partial charge on any atom is -0.399 e. The first-order valence-corrected chi connectivity index (χ1v) is 8.12. The van der Waals surface area contributed by atoms with Gasteiger partial charge in [0, 0.05) is 23.4 Å². The molecule has 4 rings (SSSR count). The number of nitrogens with two attached hydrogens (primary N) is 1. The van der Waals surface area contributed by atoms with Crippen LogP contribution in [0.1, 0.15) is 15.9 Å². The van der Waals surface area contributed by atoms with Gasteiger partial charge in [0.2, 0.25) is 0 Å². The maximum Gasteiger partial charge on any atom is 0.252 e. The Morgan fingerprint density at radius 1 is 1.12 bits per heavy atom. The Bertz CT molecular complexity index is 1010. The van der Waals surface area contributed by atoms with E-state index in [1.54, 1.807) is 24.3 Å². The average molecular weight is 377 g/mol. The largest absolute Gasteiger partial charge is 0.399 e. The van der Waals surface area contributed by atoms with Gasteiger partial charge in [-0.3, -0.25) is 4.79 Å². The SMILES string of the molecule is Nc1ccc(-c2ccc(-c3nc(Cl)c(Cl)[nH]3)c3c2CNC3=O)c(F)c1. The molecule has 0 atom stereocenters. The Morgan fingerprint density at radius 2 is 1.84 bits per heavy atom. The zero-order valence-electron chi connectivity index (χ0n) is 12.7. The highest BCUT2D eigenvalue weighted by atomic mass is 35.5. The van der Waals surface area contributed by atoms with E-state index in [4.69, 9.17) is 28.9 Å². The van der Waals surface area contributed by atoms with Crippen LogP contribution in [-0.4, -0.2) is 15.9 Å². The van der Waals surface area contributed by atoms with Gasteiger partial charge in [-0.25, -0.2) is 9.37 Å². The minimum absolute atomic E-state index is 0.123. The summed E-state index contributed by atoms with van der Waals surface area (Å²) in [6, 6.07) is 7.91. The van der Waals surface area contributed by atoms with Gasteiger partial charge in [-0.2, -0.15) is 0 Å². The van der Waals surface area contributed by atoms with Gasteiger partial charge in [0.05, 0.1) is 5.56 Å². The van der Waals surface area contributed by atoms with E-state index >= 15 is 0 Å². The predicted molar refractivity (Wildman–Crippen MR) is 95.0 cm³/mol. The zero-order valence-corrected chi connectivity index (χ0v) is 14.2. The molecule has 0 aliphatic carbocycles. The summed E-state index contributed by atoms with van der Waals surface area (Å²) in [6.45, 7) is 0.295. The second-order valence-corrected chi connectivity index (χ2v) is 6.36. The van der Waals surface area contributed by atoms with Crippen molar-refractivity contribution in [1.29, 1.82) is 0 Å². The van der Waals surface area contributed by atoms with Gasteiger partial charge < -0.3 is 16.0 Å². The summed E-state index contributed by atoms with van der Waals surface area (Å²) in [5, 5.41) is 3.08. The van der Waals surface area contributed by atoms with Gasteiger partial charge in [-0.1, -0.05) is 29.3 Å². The lowest BCUT2D eigenvalue weighted by Crippen LogP contribution is -2.13. The summed E-state index contributed by atoms with van der Waals surface area (Å²) < 4.78 is 14.3. The highest BCUT2D eigenvalue weighted by Gasteiger charge is 2.28. The van der Waals surface area contributed by atoms with Crippen molar-refractivity contribution in [3.8, 4) is 22.5 Å². The number of rotatable bonds is 2. The van der Waals surface area contributed by atoms with E-state index in [2.05, 4.69) is 15.3 Å². The topological polar surface area (TPSA) is 83.8 Å². The number of fused-ring (bicyclic) bond motifs is 1. The van der Waals surface area contributed by atoms with Crippen molar-refractivity contribution in [2.45, 2.75) is 6.54 Å². The normalized spacial score (nSPS) is 13.0. The molecule has 0 saturated heterocycles. The van der Waals surface area contributed by atoms with E-state index in [0.29, 0.717) is 45.9 Å². The number of aromatic nitrogens is 2. The molecule has 0 saturated carbocycles. The summed E-state index contributed by atoms with van der Waals surface area (Å²) in [6.07, 6.45) is 0. The number of aromatic amines is 1. The smallest absolute Gasteiger partial charge is 0.252 e. The van der Waals surface area contributed by atoms with Crippen LogP contribution in [0.5, 0.6) is 0 Å². The number of carbonyl (C=O) groups is 1. The lowest BCUT2D eigenvalue weighted by Gasteiger charge is -2.11. The molecule has 0 spiro atoms. The maximum absolute atomic E-state index is 14.3. The summed E-state index contributed by atoms with van der Waals surface area (Å²) in [7, 11) is 0. The highest BCUT2D eigenvalue weighted by Crippen LogP contribution is 2.37.